The van der Waals surface area contributed by atoms with Crippen LogP contribution in [0.25, 0.3) is 11.1 Å². The molecule has 3 N–H and O–H groups in total. The Hall–Kier alpha value is -3.16. The Morgan fingerprint density at radius 2 is 1.46 bits per heavy atom. The number of amides is 1. The predicted molar refractivity (Wildman–Crippen MR) is 108 cm³/mol. The lowest BCUT2D eigenvalue weighted by atomic mass is 10.1. The van der Waals surface area contributed by atoms with Gasteiger partial charge in [0.05, 0.1) is 4.90 Å². The molecule has 0 fully saturated rings. The van der Waals surface area contributed by atoms with Crippen molar-refractivity contribution in [3.8, 4) is 16.9 Å². The molecular formula is C21H20N2O4S. The molecule has 0 aromatic heterocycles. The first-order valence-corrected chi connectivity index (χ1v) is 10.1. The fourth-order valence-electron chi connectivity index (χ4n) is 2.59. The number of primary sulfonamides is 1. The minimum atomic E-state index is -3.77. The van der Waals surface area contributed by atoms with Crippen LogP contribution in [0.15, 0.2) is 83.8 Å². The first-order chi connectivity index (χ1) is 13.3. The van der Waals surface area contributed by atoms with Crippen LogP contribution in [-0.2, 0) is 14.8 Å². The third-order valence-corrected chi connectivity index (χ3v) is 5.02. The van der Waals surface area contributed by atoms with E-state index in [1.165, 1.54) is 24.3 Å². The first kappa shape index (κ1) is 19.6. The molecule has 6 nitrogen and oxygen atoms in total. The number of carbonyl (C=O) groups excluding carboxylic acids is 1. The van der Waals surface area contributed by atoms with Crippen LogP contribution in [0.4, 0.5) is 5.69 Å². The van der Waals surface area contributed by atoms with Crippen molar-refractivity contribution in [3.05, 3.63) is 78.9 Å². The highest BCUT2D eigenvalue weighted by atomic mass is 32.2. The molecule has 0 heterocycles. The Bertz CT molecular complexity index is 1050. The van der Waals surface area contributed by atoms with Crippen LogP contribution in [0.3, 0.4) is 0 Å². The second kappa shape index (κ2) is 8.24. The van der Waals surface area contributed by atoms with Gasteiger partial charge in [0.2, 0.25) is 10.0 Å². The summed E-state index contributed by atoms with van der Waals surface area (Å²) in [7, 11) is -3.77. The summed E-state index contributed by atoms with van der Waals surface area (Å²) in [6.45, 7) is 1.64. The van der Waals surface area contributed by atoms with Crippen LogP contribution in [0.2, 0.25) is 0 Å². The van der Waals surface area contributed by atoms with Crippen molar-refractivity contribution in [1.82, 2.24) is 0 Å². The molecule has 3 aromatic carbocycles. The van der Waals surface area contributed by atoms with Gasteiger partial charge in [-0.2, -0.15) is 0 Å². The van der Waals surface area contributed by atoms with Crippen molar-refractivity contribution >= 4 is 21.6 Å². The highest BCUT2D eigenvalue weighted by molar-refractivity contribution is 7.89. The lowest BCUT2D eigenvalue weighted by molar-refractivity contribution is -0.122. The van der Waals surface area contributed by atoms with Gasteiger partial charge < -0.3 is 10.1 Å². The van der Waals surface area contributed by atoms with Crippen LogP contribution in [0.1, 0.15) is 6.92 Å². The first-order valence-electron chi connectivity index (χ1n) is 8.59. The largest absolute Gasteiger partial charge is 0.481 e. The van der Waals surface area contributed by atoms with Gasteiger partial charge >= 0.3 is 0 Å². The molecule has 28 heavy (non-hydrogen) atoms. The molecule has 0 bridgehead atoms. The third-order valence-electron chi connectivity index (χ3n) is 4.09. The topological polar surface area (TPSA) is 98.5 Å². The number of nitrogens with one attached hydrogen (secondary N) is 1. The van der Waals surface area contributed by atoms with Gasteiger partial charge in [0, 0.05) is 5.69 Å². The Balaban J connectivity index is 1.61. The van der Waals surface area contributed by atoms with Crippen LogP contribution < -0.4 is 15.2 Å². The Kier molecular flexibility index (Phi) is 5.77. The molecule has 3 rings (SSSR count). The molecule has 1 atom stereocenters. The molecule has 3 aromatic rings. The number of carbonyl (C=O) groups is 1. The van der Waals surface area contributed by atoms with E-state index < -0.39 is 16.1 Å². The van der Waals surface area contributed by atoms with Crippen molar-refractivity contribution < 1.29 is 17.9 Å². The summed E-state index contributed by atoms with van der Waals surface area (Å²) < 4.78 is 28.2. The molecule has 0 aliphatic rings. The lowest BCUT2D eigenvalue weighted by Gasteiger charge is -2.15. The maximum atomic E-state index is 12.3. The fourth-order valence-corrected chi connectivity index (χ4v) is 3.10. The quantitative estimate of drug-likeness (QED) is 0.667. The smallest absolute Gasteiger partial charge is 0.265 e. The molecule has 7 heteroatoms. The molecule has 0 saturated heterocycles. The molecule has 1 unspecified atom stereocenters. The summed E-state index contributed by atoms with van der Waals surface area (Å²) in [6, 6.07) is 23.0. The Labute approximate surface area is 164 Å². The summed E-state index contributed by atoms with van der Waals surface area (Å²) >= 11 is 0. The second-order valence-electron chi connectivity index (χ2n) is 6.21. The van der Waals surface area contributed by atoms with E-state index >= 15 is 0 Å². The van der Waals surface area contributed by atoms with E-state index in [-0.39, 0.29) is 10.8 Å². The number of anilines is 1. The molecule has 0 saturated carbocycles. The van der Waals surface area contributed by atoms with E-state index in [2.05, 4.69) is 5.32 Å². The normalized spacial score (nSPS) is 12.2. The highest BCUT2D eigenvalue weighted by Crippen LogP contribution is 2.23. The van der Waals surface area contributed by atoms with E-state index in [1.54, 1.807) is 6.92 Å². The number of ether oxygens (including phenoxy) is 1. The number of hydrogen-bond acceptors (Lipinski definition) is 4. The predicted octanol–water partition coefficient (Wildman–Crippen LogP) is 3.41. The monoisotopic (exact) mass is 396 g/mol. The van der Waals surface area contributed by atoms with Crippen molar-refractivity contribution in [1.29, 1.82) is 0 Å². The standard InChI is InChI=1S/C21H20N2O4S/c1-15(21(24)23-18-9-13-20(14-10-18)28(22,25)26)27-19-11-7-17(8-12-19)16-5-3-2-4-6-16/h2-15H,1H3,(H,23,24)(H2,22,25,26). The summed E-state index contributed by atoms with van der Waals surface area (Å²) in [5.41, 5.74) is 2.61. The summed E-state index contributed by atoms with van der Waals surface area (Å²) in [6.07, 6.45) is -0.736. The number of nitrogens with two attached hydrogens (primary N) is 1. The van der Waals surface area contributed by atoms with Crippen molar-refractivity contribution in [2.75, 3.05) is 5.32 Å². The zero-order valence-electron chi connectivity index (χ0n) is 15.2. The van der Waals surface area contributed by atoms with E-state index in [1.807, 2.05) is 54.6 Å². The molecular weight excluding hydrogens is 376 g/mol. The zero-order valence-corrected chi connectivity index (χ0v) is 16.0. The highest BCUT2D eigenvalue weighted by Gasteiger charge is 2.15. The minimum absolute atomic E-state index is 0.0201. The van der Waals surface area contributed by atoms with Crippen LogP contribution in [-0.4, -0.2) is 20.4 Å². The summed E-state index contributed by atoms with van der Waals surface area (Å²) in [5.74, 6) is 0.224. The number of rotatable bonds is 6. The van der Waals surface area contributed by atoms with E-state index in [0.717, 1.165) is 11.1 Å². The van der Waals surface area contributed by atoms with Gasteiger partial charge in [-0.3, -0.25) is 4.79 Å². The fraction of sp³-hybridized carbons (Fsp3) is 0.0952. The molecule has 144 valence electrons. The zero-order chi connectivity index (χ0) is 20.1. The number of benzene rings is 3. The Morgan fingerprint density at radius 1 is 0.893 bits per heavy atom. The molecule has 0 aliphatic carbocycles. The van der Waals surface area contributed by atoms with Crippen LogP contribution in [0, 0.1) is 0 Å². The van der Waals surface area contributed by atoms with Crippen molar-refractivity contribution in [2.24, 2.45) is 5.14 Å². The van der Waals surface area contributed by atoms with E-state index in [4.69, 9.17) is 9.88 Å². The average molecular weight is 396 g/mol. The molecule has 1 amide bonds. The van der Waals surface area contributed by atoms with E-state index in [0.29, 0.717) is 11.4 Å². The number of hydrogen-bond donors (Lipinski definition) is 2. The van der Waals surface area contributed by atoms with Crippen LogP contribution in [0.5, 0.6) is 5.75 Å². The summed E-state index contributed by atoms with van der Waals surface area (Å²) in [5, 5.41) is 7.73. The SMILES string of the molecule is CC(Oc1ccc(-c2ccccc2)cc1)C(=O)Nc1ccc(S(N)(=O)=O)cc1. The van der Waals surface area contributed by atoms with Crippen LogP contribution >= 0.6 is 0 Å². The molecule has 0 radical (unpaired) electrons. The lowest BCUT2D eigenvalue weighted by Crippen LogP contribution is -2.30. The second-order valence-corrected chi connectivity index (χ2v) is 7.77. The maximum absolute atomic E-state index is 12.3. The van der Waals surface area contributed by atoms with E-state index in [9.17, 15) is 13.2 Å². The maximum Gasteiger partial charge on any atom is 0.265 e. The van der Waals surface area contributed by atoms with Gasteiger partial charge in [-0.25, -0.2) is 13.6 Å². The Morgan fingerprint density at radius 3 is 2.04 bits per heavy atom. The molecule has 0 spiro atoms. The average Bonchev–Trinajstić information content (AvgIpc) is 2.69. The van der Waals surface area contributed by atoms with Gasteiger partial charge in [0.1, 0.15) is 5.75 Å². The van der Waals surface area contributed by atoms with Crippen molar-refractivity contribution in [3.63, 3.8) is 0 Å². The van der Waals surface area contributed by atoms with Gasteiger partial charge in [-0.15, -0.1) is 0 Å². The van der Waals surface area contributed by atoms with Gasteiger partial charge in [0.25, 0.3) is 5.91 Å². The minimum Gasteiger partial charge on any atom is -0.481 e. The molecule has 0 aliphatic heterocycles. The van der Waals surface area contributed by atoms with Crippen molar-refractivity contribution in [2.45, 2.75) is 17.9 Å². The summed E-state index contributed by atoms with van der Waals surface area (Å²) in [4.78, 5) is 12.3. The van der Waals surface area contributed by atoms with Gasteiger partial charge in [0.15, 0.2) is 6.10 Å². The van der Waals surface area contributed by atoms with Gasteiger partial charge in [-0.05, 0) is 54.4 Å². The number of sulfonamides is 1. The van der Waals surface area contributed by atoms with Gasteiger partial charge in [-0.1, -0.05) is 42.5 Å². The third kappa shape index (κ3) is 4.97.